The van der Waals surface area contributed by atoms with E-state index in [1.54, 1.807) is 4.90 Å². The number of anilines is 1. The number of fused-ring (bicyclic) bond motifs is 1. The van der Waals surface area contributed by atoms with Crippen molar-refractivity contribution in [1.82, 2.24) is 15.0 Å². The first kappa shape index (κ1) is 16.3. The Morgan fingerprint density at radius 2 is 2.22 bits per heavy atom. The second-order valence-corrected chi connectivity index (χ2v) is 5.97. The van der Waals surface area contributed by atoms with Crippen molar-refractivity contribution in [2.45, 2.75) is 38.5 Å². The van der Waals surface area contributed by atoms with Gasteiger partial charge < -0.3 is 10.0 Å². The van der Waals surface area contributed by atoms with Crippen LogP contribution < -0.4 is 4.90 Å². The molecule has 1 saturated heterocycles. The fourth-order valence-electron chi connectivity index (χ4n) is 2.75. The second kappa shape index (κ2) is 6.49. The van der Waals surface area contributed by atoms with Gasteiger partial charge in [-0.15, -0.1) is 0 Å². The molecular weight excluding hydrogens is 326 g/mol. The van der Waals surface area contributed by atoms with Gasteiger partial charge in [0.2, 0.25) is 0 Å². The van der Waals surface area contributed by atoms with Crippen molar-refractivity contribution in [2.24, 2.45) is 0 Å². The second-order valence-electron chi connectivity index (χ2n) is 5.61. The lowest BCUT2D eigenvalue weighted by molar-refractivity contribution is 0.0803. The molecule has 3 rings (SSSR count). The topological polar surface area (TPSA) is 62.1 Å². The van der Waals surface area contributed by atoms with Crippen molar-refractivity contribution >= 4 is 28.3 Å². The molecule has 1 aliphatic heterocycles. The van der Waals surface area contributed by atoms with Gasteiger partial charge in [-0.3, -0.25) is 0 Å². The maximum atomic E-state index is 14.3. The Morgan fingerprint density at radius 3 is 2.96 bits per heavy atom. The molecule has 8 heteroatoms. The molecule has 0 aliphatic carbocycles. The van der Waals surface area contributed by atoms with Gasteiger partial charge in [0.15, 0.2) is 11.0 Å². The van der Waals surface area contributed by atoms with Crippen molar-refractivity contribution < 1.29 is 13.9 Å². The zero-order valence-corrected chi connectivity index (χ0v) is 13.4. The fourth-order valence-corrected chi connectivity index (χ4v) is 2.89. The minimum atomic E-state index is -1.38. The maximum absolute atomic E-state index is 14.3. The van der Waals surface area contributed by atoms with Crippen molar-refractivity contribution in [1.29, 1.82) is 0 Å². The highest BCUT2D eigenvalue weighted by Crippen LogP contribution is 2.30. The molecule has 0 saturated carbocycles. The summed E-state index contributed by atoms with van der Waals surface area (Å²) in [4.78, 5) is 14.2. The summed E-state index contributed by atoms with van der Waals surface area (Å²) in [7, 11) is 0. The van der Waals surface area contributed by atoms with Crippen molar-refractivity contribution in [3.05, 3.63) is 23.0 Å². The third-order valence-electron chi connectivity index (χ3n) is 4.02. The number of aliphatic hydroxyl groups excluding tert-OH is 1. The van der Waals surface area contributed by atoms with Crippen LogP contribution in [0.5, 0.6) is 0 Å². The van der Waals surface area contributed by atoms with E-state index in [2.05, 4.69) is 15.0 Å². The van der Waals surface area contributed by atoms with E-state index in [9.17, 15) is 13.9 Å². The summed E-state index contributed by atoms with van der Waals surface area (Å²) in [5.41, 5.74) is 0.0899. The molecule has 0 bridgehead atoms. The maximum Gasteiger partial charge on any atom is 0.186 e. The van der Waals surface area contributed by atoms with Crippen LogP contribution in [0.15, 0.2) is 6.20 Å². The lowest BCUT2D eigenvalue weighted by Crippen LogP contribution is -2.34. The number of aliphatic hydroxyl groups is 1. The molecule has 0 radical (unpaired) electrons. The van der Waals surface area contributed by atoms with Crippen molar-refractivity contribution in [2.75, 3.05) is 18.0 Å². The minimum absolute atomic E-state index is 0.000674. The van der Waals surface area contributed by atoms with E-state index in [1.807, 2.05) is 6.92 Å². The van der Waals surface area contributed by atoms with Gasteiger partial charge in [0.25, 0.3) is 0 Å². The molecule has 2 unspecified atom stereocenters. The quantitative estimate of drug-likeness (QED) is 0.850. The van der Waals surface area contributed by atoms with Gasteiger partial charge in [-0.25, -0.2) is 23.7 Å². The third-order valence-corrected chi connectivity index (χ3v) is 4.29. The van der Waals surface area contributed by atoms with Crippen LogP contribution in [-0.4, -0.2) is 45.4 Å². The van der Waals surface area contributed by atoms with Crippen LogP contribution >= 0.6 is 11.6 Å². The summed E-state index contributed by atoms with van der Waals surface area (Å²) in [5, 5.41) is 9.84. The highest BCUT2D eigenvalue weighted by Gasteiger charge is 2.28. The molecule has 1 aliphatic rings. The number of hydrogen-bond donors (Lipinski definition) is 1. The number of hydrogen-bond acceptors (Lipinski definition) is 5. The first-order chi connectivity index (χ1) is 11.0. The van der Waals surface area contributed by atoms with Gasteiger partial charge in [-0.05, 0) is 12.8 Å². The largest absolute Gasteiger partial charge is 0.390 e. The molecule has 0 amide bonds. The average molecular weight is 343 g/mol. The molecule has 0 aromatic carbocycles. The number of rotatable bonds is 2. The molecule has 0 spiro atoms. The predicted molar refractivity (Wildman–Crippen MR) is 84.0 cm³/mol. The zero-order valence-electron chi connectivity index (χ0n) is 12.6. The summed E-state index contributed by atoms with van der Waals surface area (Å²) in [6, 6.07) is 0. The van der Waals surface area contributed by atoms with Crippen LogP contribution in [-0.2, 0) is 6.42 Å². The van der Waals surface area contributed by atoms with Crippen LogP contribution in [0.4, 0.5) is 14.6 Å². The van der Waals surface area contributed by atoms with Crippen LogP contribution in [0.25, 0.3) is 10.9 Å². The normalized spacial score (nSPS) is 22.4. The molecule has 1 N–H and O–H groups in total. The van der Waals surface area contributed by atoms with E-state index in [0.29, 0.717) is 42.8 Å². The SMILES string of the molecule is CCc1nc(N2CCCC(O)C(F)C2)c2cnc(Cl)c(F)c2n1. The lowest BCUT2D eigenvalue weighted by Gasteiger charge is -2.24. The Balaban J connectivity index is 2.14. The van der Waals surface area contributed by atoms with Crippen LogP contribution in [0.1, 0.15) is 25.6 Å². The van der Waals surface area contributed by atoms with Gasteiger partial charge >= 0.3 is 0 Å². The monoisotopic (exact) mass is 342 g/mol. The summed E-state index contributed by atoms with van der Waals surface area (Å²) < 4.78 is 28.3. The molecule has 2 atom stereocenters. The van der Waals surface area contributed by atoms with E-state index >= 15 is 0 Å². The van der Waals surface area contributed by atoms with E-state index in [1.165, 1.54) is 6.20 Å². The van der Waals surface area contributed by atoms with E-state index in [0.717, 1.165) is 0 Å². The van der Waals surface area contributed by atoms with Gasteiger partial charge in [-0.1, -0.05) is 18.5 Å². The highest BCUT2D eigenvalue weighted by molar-refractivity contribution is 6.30. The Kier molecular flexibility index (Phi) is 4.59. The Morgan fingerprint density at radius 1 is 1.43 bits per heavy atom. The molecule has 124 valence electrons. The molecule has 2 aromatic rings. The van der Waals surface area contributed by atoms with Crippen LogP contribution in [0.2, 0.25) is 5.15 Å². The van der Waals surface area contributed by atoms with Crippen LogP contribution in [0, 0.1) is 5.82 Å². The molecule has 5 nitrogen and oxygen atoms in total. The Hall–Kier alpha value is -1.60. The van der Waals surface area contributed by atoms with E-state index < -0.39 is 18.1 Å². The summed E-state index contributed by atoms with van der Waals surface area (Å²) in [6.45, 7) is 2.38. The van der Waals surface area contributed by atoms with Gasteiger partial charge in [0.05, 0.1) is 18.0 Å². The Bertz CT molecular complexity index is 730. The third kappa shape index (κ3) is 3.07. The van der Waals surface area contributed by atoms with Gasteiger partial charge in [-0.2, -0.15) is 0 Å². The number of pyridine rings is 1. The first-order valence-corrected chi connectivity index (χ1v) is 7.96. The summed E-state index contributed by atoms with van der Waals surface area (Å²) in [5.74, 6) is 0.190. The molecular formula is C15H17ClF2N4O. The van der Waals surface area contributed by atoms with Crippen molar-refractivity contribution in [3.8, 4) is 0 Å². The molecule has 3 heterocycles. The number of nitrogens with zero attached hydrogens (tertiary/aromatic N) is 4. The van der Waals surface area contributed by atoms with Crippen molar-refractivity contribution in [3.63, 3.8) is 0 Å². The smallest absolute Gasteiger partial charge is 0.186 e. The van der Waals surface area contributed by atoms with Gasteiger partial charge in [0.1, 0.15) is 23.3 Å². The van der Waals surface area contributed by atoms with E-state index in [-0.39, 0.29) is 17.2 Å². The first-order valence-electron chi connectivity index (χ1n) is 7.59. The van der Waals surface area contributed by atoms with Crippen LogP contribution in [0.3, 0.4) is 0 Å². The number of alkyl halides is 1. The number of aryl methyl sites for hydroxylation is 1. The van der Waals surface area contributed by atoms with Gasteiger partial charge in [0, 0.05) is 19.2 Å². The number of halogens is 3. The molecule has 1 fully saturated rings. The number of aromatic nitrogens is 3. The predicted octanol–water partition coefficient (Wildman–Crippen LogP) is 2.68. The zero-order chi connectivity index (χ0) is 16.6. The molecule has 23 heavy (non-hydrogen) atoms. The average Bonchev–Trinajstić information content (AvgIpc) is 2.72. The highest BCUT2D eigenvalue weighted by atomic mass is 35.5. The minimum Gasteiger partial charge on any atom is -0.390 e. The standard InChI is InChI=1S/C15H17ClF2N4O/c1-2-11-20-13-8(6-19-14(16)12(13)18)15(21-11)22-5-3-4-10(23)9(17)7-22/h6,9-10,23H,2-5,7H2,1H3. The fraction of sp³-hybridized carbons (Fsp3) is 0.533. The lowest BCUT2D eigenvalue weighted by atomic mass is 10.1. The molecule has 2 aromatic heterocycles. The van der Waals surface area contributed by atoms with E-state index in [4.69, 9.17) is 11.6 Å². The summed E-state index contributed by atoms with van der Waals surface area (Å²) in [6.07, 6.45) is 0.570. The summed E-state index contributed by atoms with van der Waals surface area (Å²) >= 11 is 5.74. The Labute approximate surface area is 137 Å².